The lowest BCUT2D eigenvalue weighted by atomic mass is 9.81. The number of ether oxygens (including phenoxy) is 2. The first kappa shape index (κ1) is 22.0. The molecule has 0 fully saturated rings. The zero-order valence-electron chi connectivity index (χ0n) is 16.6. The van der Waals surface area contributed by atoms with Crippen molar-refractivity contribution in [3.63, 3.8) is 0 Å². The van der Waals surface area contributed by atoms with E-state index in [0.29, 0.717) is 23.0 Å². The molecule has 0 amide bonds. The zero-order valence-corrected chi connectivity index (χ0v) is 18.2. The molecule has 2 atom stereocenters. The van der Waals surface area contributed by atoms with Gasteiger partial charge in [0.25, 0.3) is 0 Å². The number of rotatable bonds is 9. The van der Waals surface area contributed by atoms with Crippen molar-refractivity contribution in [3.05, 3.63) is 59.7 Å². The van der Waals surface area contributed by atoms with Crippen molar-refractivity contribution in [2.75, 3.05) is 25.7 Å². The third-order valence-electron chi connectivity index (χ3n) is 4.48. The van der Waals surface area contributed by atoms with Gasteiger partial charge in [-0.25, -0.2) is 0 Å². The summed E-state index contributed by atoms with van der Waals surface area (Å²) >= 11 is 2.95. The van der Waals surface area contributed by atoms with Gasteiger partial charge < -0.3 is 9.47 Å². The van der Waals surface area contributed by atoms with Gasteiger partial charge in [-0.15, -0.1) is 23.5 Å². The molecule has 0 unspecified atom stereocenters. The Bertz CT molecular complexity index is 817. The Balaban J connectivity index is 2.87. The molecule has 0 aliphatic carbocycles. The second-order valence-corrected chi connectivity index (χ2v) is 8.87. The van der Waals surface area contributed by atoms with Crippen LogP contribution in [0.25, 0.3) is 0 Å². The van der Waals surface area contributed by atoms with Gasteiger partial charge in [-0.2, -0.15) is 10.5 Å². The van der Waals surface area contributed by atoms with Crippen LogP contribution < -0.4 is 9.47 Å². The molecule has 2 aromatic rings. The van der Waals surface area contributed by atoms with E-state index in [-0.39, 0.29) is 0 Å². The molecule has 0 radical (unpaired) electrons. The lowest BCUT2D eigenvalue weighted by Crippen LogP contribution is -2.43. The van der Waals surface area contributed by atoms with Gasteiger partial charge in [0.2, 0.25) is 0 Å². The largest absolute Gasteiger partial charge is 0.497 e. The summed E-state index contributed by atoms with van der Waals surface area (Å²) in [7, 11) is 3.20. The molecule has 0 N–H and O–H groups in total. The summed E-state index contributed by atoms with van der Waals surface area (Å²) in [5.74, 6) is 2.69. The minimum absolute atomic E-state index is 0.660. The molecule has 0 saturated carbocycles. The summed E-state index contributed by atoms with van der Waals surface area (Å²) in [6.45, 7) is 4.00. The maximum absolute atomic E-state index is 10.5. The molecule has 0 saturated heterocycles. The van der Waals surface area contributed by atoms with E-state index >= 15 is 0 Å². The third kappa shape index (κ3) is 3.81. The maximum atomic E-state index is 10.5. The van der Waals surface area contributed by atoms with Gasteiger partial charge in [-0.3, -0.25) is 0 Å². The average molecular weight is 413 g/mol. The monoisotopic (exact) mass is 412 g/mol. The number of hydrogen-bond acceptors (Lipinski definition) is 6. The minimum Gasteiger partial charge on any atom is -0.497 e. The highest BCUT2D eigenvalue weighted by Gasteiger charge is 2.56. The van der Waals surface area contributed by atoms with Gasteiger partial charge in [-0.1, -0.05) is 38.1 Å². The molecule has 0 heterocycles. The quantitative estimate of drug-likeness (QED) is 0.553. The summed E-state index contributed by atoms with van der Waals surface area (Å²) in [6.07, 6.45) is 0. The van der Waals surface area contributed by atoms with E-state index in [1.807, 2.05) is 62.4 Å². The third-order valence-corrected chi connectivity index (χ3v) is 7.32. The van der Waals surface area contributed by atoms with Crippen LogP contribution in [-0.4, -0.2) is 25.7 Å². The number of hydrogen-bond donors (Lipinski definition) is 0. The molecule has 0 aliphatic rings. The Morgan fingerprint density at radius 3 is 1.46 bits per heavy atom. The summed E-state index contributed by atoms with van der Waals surface area (Å²) in [4.78, 5) is 0. The van der Waals surface area contributed by atoms with Crippen molar-refractivity contribution in [1.82, 2.24) is 0 Å². The Kier molecular flexibility index (Phi) is 7.69. The predicted octanol–water partition coefficient (Wildman–Crippen LogP) is 5.35. The van der Waals surface area contributed by atoms with E-state index in [9.17, 15) is 10.5 Å². The number of benzene rings is 2. The first-order valence-corrected chi connectivity index (χ1v) is 10.9. The molecule has 146 valence electrons. The first-order chi connectivity index (χ1) is 13.6. The van der Waals surface area contributed by atoms with Crippen molar-refractivity contribution < 1.29 is 9.47 Å². The van der Waals surface area contributed by atoms with Gasteiger partial charge in [0.15, 0.2) is 9.49 Å². The fraction of sp³-hybridized carbons (Fsp3) is 0.364. The van der Waals surface area contributed by atoms with Crippen LogP contribution in [0.4, 0.5) is 0 Å². The number of nitrogens with zero attached hydrogens (tertiary/aromatic N) is 2. The van der Waals surface area contributed by atoms with E-state index in [1.54, 1.807) is 14.2 Å². The van der Waals surface area contributed by atoms with Crippen molar-refractivity contribution in [2.45, 2.75) is 23.3 Å². The van der Waals surface area contributed by atoms with Crippen LogP contribution in [0.3, 0.4) is 0 Å². The highest BCUT2D eigenvalue weighted by Crippen LogP contribution is 2.57. The van der Waals surface area contributed by atoms with Crippen LogP contribution >= 0.6 is 23.5 Å². The molecule has 0 aromatic heterocycles. The predicted molar refractivity (Wildman–Crippen MR) is 117 cm³/mol. The second-order valence-electron chi connectivity index (χ2n) is 5.92. The Hall–Kier alpha value is -2.28. The van der Waals surface area contributed by atoms with Crippen LogP contribution in [0.1, 0.15) is 25.0 Å². The fourth-order valence-electron chi connectivity index (χ4n) is 3.24. The SMILES string of the molecule is CCS[C@@](C#N)(c1cccc(OC)c1)[C@](C#N)(SCC)c1cccc(OC)c1. The van der Waals surface area contributed by atoms with E-state index in [2.05, 4.69) is 12.1 Å². The van der Waals surface area contributed by atoms with E-state index in [0.717, 1.165) is 11.1 Å². The molecular weight excluding hydrogens is 388 g/mol. The van der Waals surface area contributed by atoms with Gasteiger partial charge in [0, 0.05) is 0 Å². The summed E-state index contributed by atoms with van der Waals surface area (Å²) in [6, 6.07) is 20.0. The smallest absolute Gasteiger partial charge is 0.159 e. The van der Waals surface area contributed by atoms with Crippen LogP contribution in [0.5, 0.6) is 11.5 Å². The molecule has 2 rings (SSSR count). The van der Waals surface area contributed by atoms with Crippen LogP contribution in [0.2, 0.25) is 0 Å². The summed E-state index contributed by atoms with van der Waals surface area (Å²) in [5.41, 5.74) is 1.51. The van der Waals surface area contributed by atoms with E-state index in [4.69, 9.17) is 9.47 Å². The minimum atomic E-state index is -1.13. The number of nitriles is 2. The van der Waals surface area contributed by atoms with Crippen LogP contribution in [0, 0.1) is 22.7 Å². The average Bonchev–Trinajstić information content (AvgIpc) is 2.76. The molecule has 6 heteroatoms. The lowest BCUT2D eigenvalue weighted by molar-refractivity contribution is 0.412. The maximum Gasteiger partial charge on any atom is 0.159 e. The highest BCUT2D eigenvalue weighted by atomic mass is 32.2. The van der Waals surface area contributed by atoms with Gasteiger partial charge in [-0.05, 0) is 46.9 Å². The van der Waals surface area contributed by atoms with Gasteiger partial charge in [0.05, 0.1) is 26.4 Å². The molecule has 0 aliphatic heterocycles. The van der Waals surface area contributed by atoms with Crippen molar-refractivity contribution in [1.29, 1.82) is 10.5 Å². The normalized spacial score (nSPS) is 14.8. The van der Waals surface area contributed by atoms with Gasteiger partial charge in [0.1, 0.15) is 11.5 Å². The fourth-order valence-corrected chi connectivity index (χ4v) is 5.91. The molecule has 28 heavy (non-hydrogen) atoms. The Labute approximate surface area is 175 Å². The zero-order chi connectivity index (χ0) is 20.6. The Morgan fingerprint density at radius 1 is 0.786 bits per heavy atom. The number of methoxy groups -OCH3 is 2. The molecule has 4 nitrogen and oxygen atoms in total. The molecular formula is C22H24N2O2S2. The molecule has 2 aromatic carbocycles. The number of thioether (sulfide) groups is 2. The second kappa shape index (κ2) is 9.78. The van der Waals surface area contributed by atoms with Crippen molar-refractivity contribution >= 4 is 23.5 Å². The van der Waals surface area contributed by atoms with E-state index in [1.165, 1.54) is 23.5 Å². The Morgan fingerprint density at radius 2 is 1.18 bits per heavy atom. The van der Waals surface area contributed by atoms with Crippen molar-refractivity contribution in [2.24, 2.45) is 0 Å². The standard InChI is InChI=1S/C22H24N2O2S2/c1-5-27-21(15-23,17-9-7-11-19(13-17)25-3)22(16-24,28-6-2)18-10-8-12-20(14-18)26-4/h7-14H,5-6H2,1-4H3/t21-,22+. The van der Waals surface area contributed by atoms with Crippen LogP contribution in [-0.2, 0) is 9.49 Å². The summed E-state index contributed by atoms with van der Waals surface area (Å²) < 4.78 is 8.53. The molecule has 0 bridgehead atoms. The first-order valence-electron chi connectivity index (χ1n) is 8.96. The molecule has 0 spiro atoms. The van der Waals surface area contributed by atoms with E-state index < -0.39 is 9.49 Å². The summed E-state index contributed by atoms with van der Waals surface area (Å²) in [5, 5.41) is 21.0. The van der Waals surface area contributed by atoms with Crippen LogP contribution in [0.15, 0.2) is 48.5 Å². The van der Waals surface area contributed by atoms with Crippen molar-refractivity contribution in [3.8, 4) is 23.6 Å². The lowest BCUT2D eigenvalue weighted by Gasteiger charge is -2.41. The topological polar surface area (TPSA) is 66.0 Å². The van der Waals surface area contributed by atoms with Gasteiger partial charge >= 0.3 is 0 Å². The highest BCUT2D eigenvalue weighted by molar-refractivity contribution is 8.04.